The number of nitrogens with one attached hydrogen (secondary N) is 3. The Hall–Kier alpha value is -1.63. The zero-order chi connectivity index (χ0) is 11.0. The summed E-state index contributed by atoms with van der Waals surface area (Å²) in [4.78, 5) is 32.2. The minimum absolute atomic E-state index is 0.109. The summed E-state index contributed by atoms with van der Waals surface area (Å²) < 4.78 is 0. The van der Waals surface area contributed by atoms with Crippen LogP contribution in [0.1, 0.15) is 13.3 Å². The fourth-order valence-electron chi connectivity index (χ4n) is 0.721. The molecule has 0 bridgehead atoms. The standard InChI is InChI=1S/C7H14N4O3/c1-2-9-5(12)3-4-10-6(13)7(14)11-8/h2-4,8H2,1H3,(H,9,12)(H,10,13)(H,11,14). The van der Waals surface area contributed by atoms with Gasteiger partial charge in [0.1, 0.15) is 0 Å². The Balaban J connectivity index is 3.59. The number of carbonyl (C=O) groups excluding carboxylic acids is 3. The molecule has 80 valence electrons. The molecule has 0 atom stereocenters. The largest absolute Gasteiger partial charge is 0.356 e. The number of hydrogen-bond donors (Lipinski definition) is 4. The molecule has 7 heteroatoms. The molecule has 0 aromatic heterocycles. The summed E-state index contributed by atoms with van der Waals surface area (Å²) in [5.74, 6) is 2.75. The van der Waals surface area contributed by atoms with E-state index in [0.29, 0.717) is 6.54 Å². The van der Waals surface area contributed by atoms with E-state index in [9.17, 15) is 14.4 Å². The van der Waals surface area contributed by atoms with Crippen molar-refractivity contribution in [2.45, 2.75) is 13.3 Å². The smallest absolute Gasteiger partial charge is 0.323 e. The zero-order valence-electron chi connectivity index (χ0n) is 7.92. The molecule has 0 aliphatic heterocycles. The van der Waals surface area contributed by atoms with Crippen molar-refractivity contribution in [3.05, 3.63) is 0 Å². The molecule has 0 unspecified atom stereocenters. The number of rotatable bonds is 4. The Kier molecular flexibility index (Phi) is 6.04. The third kappa shape index (κ3) is 5.09. The van der Waals surface area contributed by atoms with E-state index < -0.39 is 11.8 Å². The predicted octanol–water partition coefficient (Wildman–Crippen LogP) is -2.38. The van der Waals surface area contributed by atoms with Gasteiger partial charge in [-0.05, 0) is 6.92 Å². The van der Waals surface area contributed by atoms with Crippen molar-refractivity contribution in [1.82, 2.24) is 16.1 Å². The first-order valence-electron chi connectivity index (χ1n) is 4.17. The third-order valence-electron chi connectivity index (χ3n) is 1.35. The van der Waals surface area contributed by atoms with E-state index in [1.807, 2.05) is 0 Å². The first-order valence-corrected chi connectivity index (χ1v) is 4.17. The van der Waals surface area contributed by atoms with Crippen LogP contribution >= 0.6 is 0 Å². The molecule has 5 N–H and O–H groups in total. The minimum Gasteiger partial charge on any atom is -0.356 e. The topological polar surface area (TPSA) is 113 Å². The first kappa shape index (κ1) is 12.4. The van der Waals surface area contributed by atoms with E-state index >= 15 is 0 Å². The summed E-state index contributed by atoms with van der Waals surface area (Å²) in [6.07, 6.45) is 0.136. The molecule has 3 amide bonds. The molecule has 0 radical (unpaired) electrons. The number of nitrogens with two attached hydrogens (primary N) is 1. The van der Waals surface area contributed by atoms with Crippen LogP contribution in [0.4, 0.5) is 0 Å². The van der Waals surface area contributed by atoms with Gasteiger partial charge in [0.25, 0.3) is 0 Å². The molecule has 0 aliphatic carbocycles. The maximum atomic E-state index is 10.9. The van der Waals surface area contributed by atoms with Crippen LogP contribution < -0.4 is 21.9 Å². The number of carbonyl (C=O) groups is 3. The van der Waals surface area contributed by atoms with Gasteiger partial charge in [0.15, 0.2) is 0 Å². The molecule has 0 rings (SSSR count). The second-order valence-corrected chi connectivity index (χ2v) is 2.43. The van der Waals surface area contributed by atoms with E-state index in [1.54, 1.807) is 12.3 Å². The van der Waals surface area contributed by atoms with Crippen molar-refractivity contribution in [3.8, 4) is 0 Å². The van der Waals surface area contributed by atoms with Crippen molar-refractivity contribution >= 4 is 17.7 Å². The van der Waals surface area contributed by atoms with Crippen LogP contribution in [0.3, 0.4) is 0 Å². The molecule has 14 heavy (non-hydrogen) atoms. The van der Waals surface area contributed by atoms with E-state index in [1.165, 1.54) is 0 Å². The zero-order valence-corrected chi connectivity index (χ0v) is 7.92. The van der Waals surface area contributed by atoms with Crippen molar-refractivity contribution in [1.29, 1.82) is 0 Å². The van der Waals surface area contributed by atoms with Crippen LogP contribution in [0.15, 0.2) is 0 Å². The summed E-state index contributed by atoms with van der Waals surface area (Å²) in [6, 6.07) is 0. The van der Waals surface area contributed by atoms with Gasteiger partial charge in [-0.2, -0.15) is 0 Å². The second kappa shape index (κ2) is 6.84. The average Bonchev–Trinajstić information content (AvgIpc) is 2.16. The van der Waals surface area contributed by atoms with Gasteiger partial charge < -0.3 is 10.6 Å². The molecule has 0 spiro atoms. The molecule has 0 saturated heterocycles. The Morgan fingerprint density at radius 1 is 1.14 bits per heavy atom. The van der Waals surface area contributed by atoms with E-state index in [4.69, 9.17) is 5.84 Å². The molecule has 0 fully saturated rings. The van der Waals surface area contributed by atoms with Gasteiger partial charge in [-0.1, -0.05) is 0 Å². The van der Waals surface area contributed by atoms with Gasteiger partial charge in [-0.25, -0.2) is 5.84 Å². The summed E-state index contributed by atoms with van der Waals surface area (Å²) in [6.45, 7) is 2.44. The Bertz CT molecular complexity index is 229. The quantitative estimate of drug-likeness (QED) is 0.176. The Labute approximate surface area is 81.4 Å². The average molecular weight is 202 g/mol. The van der Waals surface area contributed by atoms with Crippen molar-refractivity contribution in [3.63, 3.8) is 0 Å². The molecular formula is C7H14N4O3. The number of hydrogen-bond acceptors (Lipinski definition) is 4. The lowest BCUT2D eigenvalue weighted by Crippen LogP contribution is -2.44. The second-order valence-electron chi connectivity index (χ2n) is 2.43. The number of amides is 3. The summed E-state index contributed by atoms with van der Waals surface area (Å²) >= 11 is 0. The summed E-state index contributed by atoms with van der Waals surface area (Å²) in [5.41, 5.74) is 1.68. The van der Waals surface area contributed by atoms with E-state index in [0.717, 1.165) is 0 Å². The van der Waals surface area contributed by atoms with Gasteiger partial charge in [0.2, 0.25) is 5.91 Å². The lowest BCUT2D eigenvalue weighted by atomic mass is 10.4. The predicted molar refractivity (Wildman–Crippen MR) is 48.6 cm³/mol. The first-order chi connectivity index (χ1) is 6.61. The fraction of sp³-hybridized carbons (Fsp3) is 0.571. The molecule has 0 aliphatic rings. The van der Waals surface area contributed by atoms with Crippen LogP contribution in [0.2, 0.25) is 0 Å². The molecule has 7 nitrogen and oxygen atoms in total. The van der Waals surface area contributed by atoms with Crippen molar-refractivity contribution in [2.75, 3.05) is 13.1 Å². The molecular weight excluding hydrogens is 188 g/mol. The SMILES string of the molecule is CCNC(=O)CCNC(=O)C(=O)NN. The Morgan fingerprint density at radius 3 is 2.29 bits per heavy atom. The van der Waals surface area contributed by atoms with Crippen molar-refractivity contribution < 1.29 is 14.4 Å². The highest BCUT2D eigenvalue weighted by Gasteiger charge is 2.10. The lowest BCUT2D eigenvalue weighted by molar-refractivity contribution is -0.139. The van der Waals surface area contributed by atoms with Crippen LogP contribution in [0.5, 0.6) is 0 Å². The number of hydrazine groups is 1. The fourth-order valence-corrected chi connectivity index (χ4v) is 0.721. The maximum Gasteiger partial charge on any atom is 0.323 e. The van der Waals surface area contributed by atoms with Crippen LogP contribution in [-0.4, -0.2) is 30.8 Å². The molecule has 0 aromatic carbocycles. The van der Waals surface area contributed by atoms with Gasteiger partial charge in [-0.15, -0.1) is 0 Å². The van der Waals surface area contributed by atoms with Crippen LogP contribution in [0, 0.1) is 0 Å². The van der Waals surface area contributed by atoms with Gasteiger partial charge >= 0.3 is 11.8 Å². The molecule has 0 saturated carbocycles. The van der Waals surface area contributed by atoms with Gasteiger partial charge in [-0.3, -0.25) is 19.8 Å². The monoisotopic (exact) mass is 202 g/mol. The molecule has 0 aromatic rings. The van der Waals surface area contributed by atoms with Crippen LogP contribution in [-0.2, 0) is 14.4 Å². The lowest BCUT2D eigenvalue weighted by Gasteiger charge is -2.03. The highest BCUT2D eigenvalue weighted by molar-refractivity contribution is 6.34. The third-order valence-corrected chi connectivity index (χ3v) is 1.35. The van der Waals surface area contributed by atoms with E-state index in [2.05, 4.69) is 10.6 Å². The highest BCUT2D eigenvalue weighted by Crippen LogP contribution is 1.77. The van der Waals surface area contributed by atoms with E-state index in [-0.39, 0.29) is 18.9 Å². The van der Waals surface area contributed by atoms with Gasteiger partial charge in [0, 0.05) is 19.5 Å². The van der Waals surface area contributed by atoms with Crippen LogP contribution in [0.25, 0.3) is 0 Å². The maximum absolute atomic E-state index is 10.9. The Morgan fingerprint density at radius 2 is 1.79 bits per heavy atom. The molecule has 0 heterocycles. The van der Waals surface area contributed by atoms with Crippen molar-refractivity contribution in [2.24, 2.45) is 5.84 Å². The normalized spacial score (nSPS) is 9.00. The van der Waals surface area contributed by atoms with Gasteiger partial charge in [0.05, 0.1) is 0 Å². The summed E-state index contributed by atoms with van der Waals surface area (Å²) in [5, 5.41) is 4.78. The summed E-state index contributed by atoms with van der Waals surface area (Å²) in [7, 11) is 0. The minimum atomic E-state index is -0.930. The highest BCUT2D eigenvalue weighted by atomic mass is 16.2.